The summed E-state index contributed by atoms with van der Waals surface area (Å²) in [4.78, 5) is 27.0. The van der Waals surface area contributed by atoms with Crippen LogP contribution in [0.1, 0.15) is 31.9 Å². The monoisotopic (exact) mass is 386 g/mol. The molecule has 1 atom stereocenters. The molecule has 0 fully saturated rings. The van der Waals surface area contributed by atoms with E-state index in [1.165, 1.54) is 6.92 Å². The van der Waals surface area contributed by atoms with Gasteiger partial charge in [0, 0.05) is 31.5 Å². The Hall–Kier alpha value is -2.33. The Bertz CT molecular complexity index is 745. The largest absolute Gasteiger partial charge is 0.354 e. The van der Waals surface area contributed by atoms with Gasteiger partial charge in [0.1, 0.15) is 6.04 Å². The first-order valence-corrected chi connectivity index (χ1v) is 9.58. The maximum Gasteiger partial charge on any atom is 0.243 e. The number of amides is 2. The van der Waals surface area contributed by atoms with E-state index in [0.717, 1.165) is 11.1 Å². The minimum atomic E-state index is -0.570. The van der Waals surface area contributed by atoms with E-state index in [-0.39, 0.29) is 11.8 Å². The van der Waals surface area contributed by atoms with Gasteiger partial charge in [-0.25, -0.2) is 0 Å². The van der Waals surface area contributed by atoms with E-state index in [1.807, 2.05) is 56.3 Å². The number of hydrogen-bond acceptors (Lipinski definition) is 2. The molecule has 0 aliphatic heterocycles. The molecule has 2 rings (SSSR count). The number of carbonyl (C=O) groups excluding carboxylic acids is 2. The van der Waals surface area contributed by atoms with Crippen molar-refractivity contribution in [1.82, 2.24) is 10.2 Å². The van der Waals surface area contributed by atoms with Gasteiger partial charge in [0.25, 0.3) is 0 Å². The molecule has 4 nitrogen and oxygen atoms in total. The van der Waals surface area contributed by atoms with Crippen LogP contribution in [0.15, 0.2) is 54.6 Å². The minimum Gasteiger partial charge on any atom is -0.354 e. The van der Waals surface area contributed by atoms with Gasteiger partial charge in [-0.2, -0.15) is 0 Å². The van der Waals surface area contributed by atoms with Crippen molar-refractivity contribution in [3.05, 3.63) is 70.7 Å². The van der Waals surface area contributed by atoms with Gasteiger partial charge >= 0.3 is 0 Å². The SMILES string of the molecule is CC(=O)N(Cc1ccc(Cl)cc1)[C@@H](Cc1ccccc1)C(=O)NCC(C)C. The van der Waals surface area contributed by atoms with Crippen LogP contribution in [0.5, 0.6) is 0 Å². The number of halogens is 1. The van der Waals surface area contributed by atoms with Crippen LogP contribution in [0.3, 0.4) is 0 Å². The third-order valence-electron chi connectivity index (χ3n) is 4.31. The number of nitrogens with one attached hydrogen (secondary N) is 1. The maximum absolute atomic E-state index is 12.9. The average Bonchev–Trinajstić information content (AvgIpc) is 2.64. The summed E-state index contributed by atoms with van der Waals surface area (Å²) >= 11 is 5.96. The molecule has 0 aliphatic rings. The number of hydrogen-bond donors (Lipinski definition) is 1. The third kappa shape index (κ3) is 6.72. The van der Waals surface area contributed by atoms with E-state index in [9.17, 15) is 9.59 Å². The summed E-state index contributed by atoms with van der Waals surface area (Å²) in [6, 6.07) is 16.5. The van der Waals surface area contributed by atoms with E-state index in [1.54, 1.807) is 17.0 Å². The Kier molecular flexibility index (Phi) is 7.86. The van der Waals surface area contributed by atoms with Gasteiger partial charge in [-0.1, -0.05) is 67.9 Å². The lowest BCUT2D eigenvalue weighted by Crippen LogP contribution is -2.50. The van der Waals surface area contributed by atoms with Crippen LogP contribution in [0, 0.1) is 5.92 Å². The predicted octanol–water partition coefficient (Wildman–Crippen LogP) is 4.07. The maximum atomic E-state index is 12.9. The van der Waals surface area contributed by atoms with Gasteiger partial charge in [0.2, 0.25) is 11.8 Å². The molecule has 0 aliphatic carbocycles. The van der Waals surface area contributed by atoms with Gasteiger partial charge in [-0.05, 0) is 29.2 Å². The Morgan fingerprint density at radius 3 is 2.19 bits per heavy atom. The highest BCUT2D eigenvalue weighted by Crippen LogP contribution is 2.16. The van der Waals surface area contributed by atoms with Crippen molar-refractivity contribution in [1.29, 1.82) is 0 Å². The van der Waals surface area contributed by atoms with Crippen LogP contribution < -0.4 is 5.32 Å². The highest BCUT2D eigenvalue weighted by atomic mass is 35.5. The minimum absolute atomic E-state index is 0.128. The fourth-order valence-corrected chi connectivity index (χ4v) is 2.96. The van der Waals surface area contributed by atoms with E-state index >= 15 is 0 Å². The quantitative estimate of drug-likeness (QED) is 0.743. The first kappa shape index (κ1) is 21.0. The molecule has 0 aromatic heterocycles. The summed E-state index contributed by atoms with van der Waals surface area (Å²) in [5.41, 5.74) is 1.95. The molecule has 0 unspecified atom stereocenters. The lowest BCUT2D eigenvalue weighted by molar-refractivity contribution is -0.139. The fraction of sp³-hybridized carbons (Fsp3) is 0.364. The van der Waals surface area contributed by atoms with Crippen molar-refractivity contribution in [2.75, 3.05) is 6.54 Å². The molecule has 1 N–H and O–H groups in total. The van der Waals surface area contributed by atoms with Crippen molar-refractivity contribution < 1.29 is 9.59 Å². The second-order valence-corrected chi connectivity index (χ2v) is 7.55. The standard InChI is InChI=1S/C22H27ClN2O2/c1-16(2)14-24-22(27)21(13-18-7-5-4-6-8-18)25(17(3)26)15-19-9-11-20(23)12-10-19/h4-12,16,21H,13-15H2,1-3H3,(H,24,27)/t21-/m0/s1. The molecule has 2 amide bonds. The molecule has 27 heavy (non-hydrogen) atoms. The fourth-order valence-electron chi connectivity index (χ4n) is 2.83. The number of rotatable bonds is 8. The average molecular weight is 387 g/mol. The summed E-state index contributed by atoms with van der Waals surface area (Å²) in [7, 11) is 0. The smallest absolute Gasteiger partial charge is 0.243 e. The topological polar surface area (TPSA) is 49.4 Å². The van der Waals surface area contributed by atoms with Crippen LogP contribution in [0.25, 0.3) is 0 Å². The molecular formula is C22H27ClN2O2. The van der Waals surface area contributed by atoms with Gasteiger partial charge in [0.15, 0.2) is 0 Å². The normalized spacial score (nSPS) is 11.9. The molecule has 0 heterocycles. The lowest BCUT2D eigenvalue weighted by atomic mass is 10.0. The molecule has 0 spiro atoms. The summed E-state index contributed by atoms with van der Waals surface area (Å²) in [6.45, 7) is 6.53. The van der Waals surface area contributed by atoms with Gasteiger partial charge in [0.05, 0.1) is 0 Å². The Morgan fingerprint density at radius 2 is 1.63 bits per heavy atom. The Morgan fingerprint density at radius 1 is 1.00 bits per heavy atom. The lowest BCUT2D eigenvalue weighted by Gasteiger charge is -2.30. The van der Waals surface area contributed by atoms with E-state index in [0.29, 0.717) is 30.5 Å². The number of carbonyl (C=O) groups is 2. The van der Waals surface area contributed by atoms with Crippen LogP contribution in [-0.2, 0) is 22.6 Å². The van der Waals surface area contributed by atoms with Crippen LogP contribution in [0.2, 0.25) is 5.02 Å². The van der Waals surface area contributed by atoms with Crippen LogP contribution in [0.4, 0.5) is 0 Å². The molecule has 2 aromatic carbocycles. The highest BCUT2D eigenvalue weighted by Gasteiger charge is 2.28. The number of nitrogens with zero attached hydrogens (tertiary/aromatic N) is 1. The first-order chi connectivity index (χ1) is 12.9. The molecule has 0 bridgehead atoms. The molecule has 5 heteroatoms. The second-order valence-electron chi connectivity index (χ2n) is 7.12. The van der Waals surface area contributed by atoms with E-state index in [4.69, 9.17) is 11.6 Å². The van der Waals surface area contributed by atoms with Gasteiger partial charge in [-0.15, -0.1) is 0 Å². The molecule has 0 saturated carbocycles. The van der Waals surface area contributed by atoms with Crippen molar-refractivity contribution in [3.8, 4) is 0 Å². The van der Waals surface area contributed by atoms with Crippen molar-refractivity contribution in [3.63, 3.8) is 0 Å². The zero-order chi connectivity index (χ0) is 19.8. The van der Waals surface area contributed by atoms with Crippen molar-refractivity contribution in [2.24, 2.45) is 5.92 Å². The van der Waals surface area contributed by atoms with Crippen LogP contribution >= 0.6 is 11.6 Å². The van der Waals surface area contributed by atoms with Gasteiger partial charge in [-0.3, -0.25) is 9.59 Å². The number of benzene rings is 2. The summed E-state index contributed by atoms with van der Waals surface area (Å²) in [6.07, 6.45) is 0.470. The molecule has 0 saturated heterocycles. The molecule has 2 aromatic rings. The third-order valence-corrected chi connectivity index (χ3v) is 4.56. The Labute approximate surface area is 166 Å². The zero-order valence-electron chi connectivity index (χ0n) is 16.1. The van der Waals surface area contributed by atoms with E-state index < -0.39 is 6.04 Å². The van der Waals surface area contributed by atoms with Gasteiger partial charge < -0.3 is 10.2 Å². The van der Waals surface area contributed by atoms with Crippen molar-refractivity contribution in [2.45, 2.75) is 39.8 Å². The molecule has 144 valence electrons. The van der Waals surface area contributed by atoms with Crippen molar-refractivity contribution >= 4 is 23.4 Å². The molecular weight excluding hydrogens is 360 g/mol. The van der Waals surface area contributed by atoms with Crippen LogP contribution in [-0.4, -0.2) is 29.3 Å². The Balaban J connectivity index is 2.26. The zero-order valence-corrected chi connectivity index (χ0v) is 16.9. The summed E-state index contributed by atoms with van der Waals surface area (Å²) < 4.78 is 0. The predicted molar refractivity (Wildman–Crippen MR) is 109 cm³/mol. The highest BCUT2D eigenvalue weighted by molar-refractivity contribution is 6.30. The summed E-state index contributed by atoms with van der Waals surface area (Å²) in [5.74, 6) is 0.0793. The molecule has 0 radical (unpaired) electrons. The first-order valence-electron chi connectivity index (χ1n) is 9.20. The van der Waals surface area contributed by atoms with E-state index in [2.05, 4.69) is 5.32 Å². The summed E-state index contributed by atoms with van der Waals surface area (Å²) in [5, 5.41) is 3.62. The second kappa shape index (κ2) is 10.1.